The van der Waals surface area contributed by atoms with E-state index >= 15 is 0 Å². The number of hydrogen-bond acceptors (Lipinski definition) is 6. The fraction of sp³-hybridized carbons (Fsp3) is 0.421. The fourth-order valence-electron chi connectivity index (χ4n) is 3.28. The molecule has 1 aromatic carbocycles. The van der Waals surface area contributed by atoms with Gasteiger partial charge in [0.1, 0.15) is 0 Å². The quantitative estimate of drug-likeness (QED) is 0.647. The van der Waals surface area contributed by atoms with Gasteiger partial charge in [-0.25, -0.2) is 18.5 Å². The van der Waals surface area contributed by atoms with E-state index in [1.54, 1.807) is 16.7 Å². The van der Waals surface area contributed by atoms with E-state index < -0.39 is 10.0 Å². The Labute approximate surface area is 174 Å². The Morgan fingerprint density at radius 1 is 1.34 bits per heavy atom. The highest BCUT2D eigenvalue weighted by atomic mass is 32.2. The predicted octanol–water partition coefficient (Wildman–Crippen LogP) is 0.842. The van der Waals surface area contributed by atoms with Crippen LogP contribution >= 0.6 is 11.8 Å². The Morgan fingerprint density at radius 2 is 2.03 bits per heavy atom. The molecular formula is C19H24N4O4S2. The standard InChI is InChI=1S/C19H24N4O4S2/c1-3-16-12(2)22-19-23(18(16)25)10-14(11-28-19)17(24)21-9-8-13-4-6-15(7-5-13)29(20,26)27/h4-7,14H,3,8-11H2,1-2H3,(H,21,24)(H2,20,26,27). The number of amides is 1. The maximum absolute atomic E-state index is 12.7. The molecule has 2 heterocycles. The van der Waals surface area contributed by atoms with Crippen LogP contribution in [-0.2, 0) is 34.2 Å². The number of thioether (sulfide) groups is 1. The molecule has 0 aliphatic carbocycles. The van der Waals surface area contributed by atoms with Crippen LogP contribution in [-0.4, -0.2) is 36.2 Å². The zero-order valence-corrected chi connectivity index (χ0v) is 18.0. The van der Waals surface area contributed by atoms with E-state index in [0.29, 0.717) is 42.4 Å². The van der Waals surface area contributed by atoms with Crippen molar-refractivity contribution >= 4 is 27.7 Å². The van der Waals surface area contributed by atoms with Crippen LogP contribution in [0, 0.1) is 12.8 Å². The molecule has 8 nitrogen and oxygen atoms in total. The summed E-state index contributed by atoms with van der Waals surface area (Å²) in [5.74, 6) is 0.172. The van der Waals surface area contributed by atoms with Crippen LogP contribution in [0.3, 0.4) is 0 Å². The van der Waals surface area contributed by atoms with Crippen LogP contribution in [0.25, 0.3) is 0 Å². The number of carbonyl (C=O) groups is 1. The van der Waals surface area contributed by atoms with Gasteiger partial charge in [0, 0.05) is 30.1 Å². The Bertz CT molecular complexity index is 1080. The molecule has 0 saturated heterocycles. The normalized spacial score (nSPS) is 16.3. The van der Waals surface area contributed by atoms with Gasteiger partial charge in [-0.05, 0) is 37.5 Å². The molecule has 1 aliphatic heterocycles. The Hall–Kier alpha value is -2.17. The van der Waals surface area contributed by atoms with Crippen LogP contribution in [0.15, 0.2) is 39.1 Å². The first-order valence-electron chi connectivity index (χ1n) is 9.33. The molecule has 1 aliphatic rings. The summed E-state index contributed by atoms with van der Waals surface area (Å²) in [5, 5.41) is 8.66. The zero-order valence-electron chi connectivity index (χ0n) is 16.3. The maximum atomic E-state index is 12.7. The number of nitrogens with one attached hydrogen (secondary N) is 1. The molecule has 3 N–H and O–H groups in total. The van der Waals surface area contributed by atoms with E-state index in [2.05, 4.69) is 10.3 Å². The number of nitrogens with zero attached hydrogens (tertiary/aromatic N) is 2. The molecular weight excluding hydrogens is 412 g/mol. The lowest BCUT2D eigenvalue weighted by Crippen LogP contribution is -2.41. The number of rotatable bonds is 6. The van der Waals surface area contributed by atoms with Gasteiger partial charge in [0.05, 0.1) is 10.8 Å². The van der Waals surface area contributed by atoms with Gasteiger partial charge in [-0.15, -0.1) is 0 Å². The third-order valence-corrected chi connectivity index (χ3v) is 7.01. The average Bonchev–Trinajstić information content (AvgIpc) is 2.67. The summed E-state index contributed by atoms with van der Waals surface area (Å²) in [6, 6.07) is 6.26. The predicted molar refractivity (Wildman–Crippen MR) is 111 cm³/mol. The van der Waals surface area contributed by atoms with Gasteiger partial charge in [0.25, 0.3) is 5.56 Å². The molecule has 0 saturated carbocycles. The van der Waals surface area contributed by atoms with Gasteiger partial charge in [-0.3, -0.25) is 14.2 Å². The number of fused-ring (bicyclic) bond motifs is 1. The third-order valence-electron chi connectivity index (χ3n) is 4.94. The van der Waals surface area contributed by atoms with Crippen LogP contribution in [0.1, 0.15) is 23.7 Å². The summed E-state index contributed by atoms with van der Waals surface area (Å²) in [4.78, 5) is 29.8. The fourth-order valence-corrected chi connectivity index (χ4v) is 4.92. The van der Waals surface area contributed by atoms with Crippen LogP contribution < -0.4 is 16.0 Å². The number of primary sulfonamides is 1. The maximum Gasteiger partial charge on any atom is 0.257 e. The van der Waals surface area contributed by atoms with E-state index in [1.807, 2.05) is 13.8 Å². The van der Waals surface area contributed by atoms with Crippen molar-refractivity contribution in [2.24, 2.45) is 11.1 Å². The minimum absolute atomic E-state index is 0.0592. The van der Waals surface area contributed by atoms with Crippen molar-refractivity contribution in [1.29, 1.82) is 0 Å². The van der Waals surface area contributed by atoms with Gasteiger partial charge in [-0.1, -0.05) is 30.8 Å². The zero-order chi connectivity index (χ0) is 21.2. The van der Waals surface area contributed by atoms with E-state index in [4.69, 9.17) is 5.14 Å². The Balaban J connectivity index is 1.59. The first-order valence-corrected chi connectivity index (χ1v) is 11.9. The first kappa shape index (κ1) is 21.5. The number of hydrogen-bond donors (Lipinski definition) is 2. The number of aryl methyl sites for hydroxylation is 1. The highest BCUT2D eigenvalue weighted by Crippen LogP contribution is 2.26. The molecule has 0 radical (unpaired) electrons. The second-order valence-corrected chi connectivity index (χ2v) is 9.51. The van der Waals surface area contributed by atoms with Gasteiger partial charge in [0.15, 0.2) is 5.16 Å². The monoisotopic (exact) mass is 436 g/mol. The summed E-state index contributed by atoms with van der Waals surface area (Å²) < 4.78 is 24.2. The summed E-state index contributed by atoms with van der Waals surface area (Å²) in [7, 11) is -3.71. The van der Waals surface area contributed by atoms with E-state index in [1.165, 1.54) is 23.9 Å². The molecule has 29 heavy (non-hydrogen) atoms. The second kappa shape index (κ2) is 8.68. The van der Waals surface area contributed by atoms with Crippen LogP contribution in [0.2, 0.25) is 0 Å². The van der Waals surface area contributed by atoms with Crippen molar-refractivity contribution in [3.05, 3.63) is 51.4 Å². The molecule has 1 atom stereocenters. The summed E-state index contributed by atoms with van der Waals surface area (Å²) in [5.41, 5.74) is 2.28. The van der Waals surface area contributed by atoms with Crippen molar-refractivity contribution in [2.45, 2.75) is 43.3 Å². The highest BCUT2D eigenvalue weighted by molar-refractivity contribution is 7.99. The van der Waals surface area contributed by atoms with Crippen LogP contribution in [0.5, 0.6) is 0 Å². The lowest BCUT2D eigenvalue weighted by molar-refractivity contribution is -0.124. The molecule has 10 heteroatoms. The third kappa shape index (κ3) is 4.88. The van der Waals surface area contributed by atoms with Crippen molar-refractivity contribution in [2.75, 3.05) is 12.3 Å². The van der Waals surface area contributed by atoms with E-state index in [-0.39, 0.29) is 22.3 Å². The van der Waals surface area contributed by atoms with Crippen molar-refractivity contribution in [3.63, 3.8) is 0 Å². The molecule has 156 valence electrons. The molecule has 0 spiro atoms. The van der Waals surface area contributed by atoms with Crippen LogP contribution in [0.4, 0.5) is 0 Å². The lowest BCUT2D eigenvalue weighted by Gasteiger charge is -2.25. The van der Waals surface area contributed by atoms with Gasteiger partial charge < -0.3 is 5.32 Å². The smallest absolute Gasteiger partial charge is 0.257 e. The molecule has 1 unspecified atom stereocenters. The molecule has 2 aromatic rings. The van der Waals surface area contributed by atoms with E-state index in [9.17, 15) is 18.0 Å². The number of sulfonamides is 1. The van der Waals surface area contributed by atoms with Gasteiger partial charge in [-0.2, -0.15) is 0 Å². The van der Waals surface area contributed by atoms with Gasteiger partial charge >= 0.3 is 0 Å². The summed E-state index contributed by atoms with van der Waals surface area (Å²) in [6.07, 6.45) is 1.18. The first-order chi connectivity index (χ1) is 13.7. The van der Waals surface area contributed by atoms with Crippen molar-refractivity contribution in [1.82, 2.24) is 14.9 Å². The largest absolute Gasteiger partial charge is 0.355 e. The lowest BCUT2D eigenvalue weighted by atomic mass is 10.1. The highest BCUT2D eigenvalue weighted by Gasteiger charge is 2.27. The molecule has 0 fully saturated rings. The number of carbonyl (C=O) groups excluding carboxylic acids is 1. The van der Waals surface area contributed by atoms with Gasteiger partial charge in [0.2, 0.25) is 15.9 Å². The minimum Gasteiger partial charge on any atom is -0.355 e. The average molecular weight is 437 g/mol. The van der Waals surface area contributed by atoms with Crippen molar-refractivity contribution in [3.8, 4) is 0 Å². The minimum atomic E-state index is -3.71. The molecule has 1 aromatic heterocycles. The topological polar surface area (TPSA) is 124 Å². The molecule has 1 amide bonds. The Morgan fingerprint density at radius 3 is 2.66 bits per heavy atom. The van der Waals surface area contributed by atoms with E-state index in [0.717, 1.165) is 11.3 Å². The summed E-state index contributed by atoms with van der Waals surface area (Å²) in [6.45, 7) is 4.52. The molecule has 0 bridgehead atoms. The second-order valence-electron chi connectivity index (χ2n) is 6.97. The summed E-state index contributed by atoms with van der Waals surface area (Å²) >= 11 is 1.43. The Kier molecular flexibility index (Phi) is 6.45. The number of aromatic nitrogens is 2. The SMILES string of the molecule is CCc1c(C)nc2n(c1=O)CC(C(=O)NCCc1ccc(S(N)(=O)=O)cc1)CS2. The number of benzene rings is 1. The molecule has 3 rings (SSSR count). The number of nitrogens with two attached hydrogens (primary N) is 1. The van der Waals surface area contributed by atoms with Crippen molar-refractivity contribution < 1.29 is 13.2 Å².